The minimum absolute atomic E-state index is 0.00646. The van der Waals surface area contributed by atoms with Crippen LogP contribution in [0.15, 0.2) is 6.07 Å². The molecule has 0 fully saturated rings. The van der Waals surface area contributed by atoms with Crippen molar-refractivity contribution in [3.05, 3.63) is 17.5 Å². The van der Waals surface area contributed by atoms with Crippen LogP contribution in [0.5, 0.6) is 0 Å². The maximum Gasteiger partial charge on any atom is 0.241 e. The van der Waals surface area contributed by atoms with E-state index in [1.165, 1.54) is 0 Å². The Labute approximate surface area is 118 Å². The highest BCUT2D eigenvalue weighted by molar-refractivity contribution is 7.80. The van der Waals surface area contributed by atoms with Crippen molar-refractivity contribution in [2.75, 3.05) is 25.0 Å². The first-order chi connectivity index (χ1) is 8.97. The van der Waals surface area contributed by atoms with E-state index in [2.05, 4.69) is 15.3 Å². The van der Waals surface area contributed by atoms with Crippen LogP contribution in [-0.2, 0) is 4.79 Å². The highest BCUT2D eigenvalue weighted by Gasteiger charge is 2.10. The number of carbonyl (C=O) groups is 1. The SMILES string of the molecule is CCN(CC)C(=O)CNc1nc(C)cc(C(N)=S)n1. The summed E-state index contributed by atoms with van der Waals surface area (Å²) in [6.07, 6.45) is 0. The highest BCUT2D eigenvalue weighted by Crippen LogP contribution is 2.05. The molecule has 19 heavy (non-hydrogen) atoms. The fourth-order valence-corrected chi connectivity index (χ4v) is 1.72. The Morgan fingerprint density at radius 3 is 2.58 bits per heavy atom. The average Bonchev–Trinajstić information content (AvgIpc) is 2.37. The molecule has 1 heterocycles. The molecule has 1 rings (SSSR count). The largest absolute Gasteiger partial charge is 0.388 e. The molecule has 1 aromatic heterocycles. The third-order valence-corrected chi connectivity index (χ3v) is 2.83. The molecule has 0 aliphatic rings. The summed E-state index contributed by atoms with van der Waals surface area (Å²) in [5, 5.41) is 2.90. The molecular weight excluding hydrogens is 262 g/mol. The van der Waals surface area contributed by atoms with Crippen LogP contribution in [0, 0.1) is 6.92 Å². The lowest BCUT2D eigenvalue weighted by Crippen LogP contribution is -2.35. The van der Waals surface area contributed by atoms with Crippen molar-refractivity contribution in [1.82, 2.24) is 14.9 Å². The van der Waals surface area contributed by atoms with Crippen molar-refractivity contribution in [3.63, 3.8) is 0 Å². The normalized spacial score (nSPS) is 10.1. The molecule has 6 nitrogen and oxygen atoms in total. The molecule has 1 amide bonds. The number of nitrogens with zero attached hydrogens (tertiary/aromatic N) is 3. The molecule has 0 saturated carbocycles. The second kappa shape index (κ2) is 6.98. The number of hydrogen-bond acceptors (Lipinski definition) is 5. The molecule has 0 unspecified atom stereocenters. The summed E-state index contributed by atoms with van der Waals surface area (Å²) in [5.74, 6) is 0.371. The van der Waals surface area contributed by atoms with Gasteiger partial charge in [-0.15, -0.1) is 0 Å². The summed E-state index contributed by atoms with van der Waals surface area (Å²) in [7, 11) is 0. The molecule has 0 saturated heterocycles. The van der Waals surface area contributed by atoms with E-state index in [-0.39, 0.29) is 17.4 Å². The molecule has 0 atom stereocenters. The van der Waals surface area contributed by atoms with Crippen LogP contribution in [0.1, 0.15) is 25.2 Å². The van der Waals surface area contributed by atoms with E-state index in [1.807, 2.05) is 20.8 Å². The van der Waals surface area contributed by atoms with Crippen molar-refractivity contribution >= 4 is 29.1 Å². The van der Waals surface area contributed by atoms with Gasteiger partial charge in [0.25, 0.3) is 0 Å². The van der Waals surface area contributed by atoms with Gasteiger partial charge >= 0.3 is 0 Å². The van der Waals surface area contributed by atoms with E-state index in [0.29, 0.717) is 24.7 Å². The Morgan fingerprint density at radius 2 is 2.05 bits per heavy atom. The van der Waals surface area contributed by atoms with Gasteiger partial charge in [-0.05, 0) is 26.8 Å². The van der Waals surface area contributed by atoms with Gasteiger partial charge in [0.15, 0.2) is 0 Å². The second-order valence-corrected chi connectivity index (χ2v) is 4.44. The first kappa shape index (κ1) is 15.3. The third-order valence-electron chi connectivity index (χ3n) is 2.62. The van der Waals surface area contributed by atoms with Gasteiger partial charge in [-0.25, -0.2) is 9.97 Å². The van der Waals surface area contributed by atoms with Gasteiger partial charge in [0.2, 0.25) is 11.9 Å². The first-order valence-electron chi connectivity index (χ1n) is 6.15. The summed E-state index contributed by atoms with van der Waals surface area (Å²) >= 11 is 4.88. The van der Waals surface area contributed by atoms with Crippen LogP contribution in [-0.4, -0.2) is 45.4 Å². The van der Waals surface area contributed by atoms with E-state index >= 15 is 0 Å². The maximum absolute atomic E-state index is 11.8. The van der Waals surface area contributed by atoms with Crippen LogP contribution in [0.2, 0.25) is 0 Å². The summed E-state index contributed by atoms with van der Waals surface area (Å²) in [4.78, 5) is 22.1. The molecule has 104 valence electrons. The topological polar surface area (TPSA) is 84.1 Å². The molecule has 0 aliphatic heterocycles. The highest BCUT2D eigenvalue weighted by atomic mass is 32.1. The Hall–Kier alpha value is -1.76. The summed E-state index contributed by atoms with van der Waals surface area (Å²) < 4.78 is 0. The fourth-order valence-electron chi connectivity index (χ4n) is 1.62. The number of aryl methyl sites for hydroxylation is 1. The monoisotopic (exact) mass is 281 g/mol. The maximum atomic E-state index is 11.8. The van der Waals surface area contributed by atoms with E-state index in [4.69, 9.17) is 18.0 Å². The number of thiocarbonyl (C=S) groups is 1. The number of aromatic nitrogens is 2. The molecule has 0 bridgehead atoms. The van der Waals surface area contributed by atoms with Crippen LogP contribution in [0.4, 0.5) is 5.95 Å². The van der Waals surface area contributed by atoms with Gasteiger partial charge in [0.1, 0.15) is 10.7 Å². The smallest absolute Gasteiger partial charge is 0.241 e. The standard InChI is InChI=1S/C12H19N5OS/c1-4-17(5-2)10(18)7-14-12-15-8(3)6-9(16-12)11(13)19/h6H,4-5,7H2,1-3H3,(H2,13,19)(H,14,15,16). The van der Waals surface area contributed by atoms with Crippen molar-refractivity contribution in [1.29, 1.82) is 0 Å². The van der Waals surface area contributed by atoms with E-state index in [9.17, 15) is 4.79 Å². The Kier molecular flexibility index (Phi) is 5.62. The van der Waals surface area contributed by atoms with Crippen LogP contribution < -0.4 is 11.1 Å². The first-order valence-corrected chi connectivity index (χ1v) is 6.55. The van der Waals surface area contributed by atoms with Crippen molar-refractivity contribution in [2.45, 2.75) is 20.8 Å². The number of amides is 1. The average molecular weight is 281 g/mol. The Morgan fingerprint density at radius 1 is 1.42 bits per heavy atom. The lowest BCUT2D eigenvalue weighted by atomic mass is 10.3. The number of anilines is 1. The van der Waals surface area contributed by atoms with Gasteiger partial charge in [0.05, 0.1) is 6.54 Å². The van der Waals surface area contributed by atoms with Crippen molar-refractivity contribution in [2.24, 2.45) is 5.73 Å². The molecule has 0 spiro atoms. The predicted octanol–water partition coefficient (Wildman–Crippen LogP) is 0.700. The second-order valence-electron chi connectivity index (χ2n) is 4.00. The van der Waals surface area contributed by atoms with E-state index in [0.717, 1.165) is 5.69 Å². The summed E-state index contributed by atoms with van der Waals surface area (Å²) in [6.45, 7) is 7.22. The number of carbonyl (C=O) groups excluding carboxylic acids is 1. The van der Waals surface area contributed by atoms with E-state index in [1.54, 1.807) is 11.0 Å². The molecule has 0 aliphatic carbocycles. The zero-order chi connectivity index (χ0) is 14.4. The summed E-state index contributed by atoms with van der Waals surface area (Å²) in [5.41, 5.74) is 6.78. The number of rotatable bonds is 6. The van der Waals surface area contributed by atoms with Crippen LogP contribution >= 0.6 is 12.2 Å². The number of nitrogens with one attached hydrogen (secondary N) is 1. The quantitative estimate of drug-likeness (QED) is 0.747. The molecule has 1 aromatic rings. The van der Waals surface area contributed by atoms with Crippen molar-refractivity contribution in [3.8, 4) is 0 Å². The van der Waals surface area contributed by atoms with Gasteiger partial charge in [0, 0.05) is 18.8 Å². The number of nitrogens with two attached hydrogens (primary N) is 1. The lowest BCUT2D eigenvalue weighted by molar-refractivity contribution is -0.128. The predicted molar refractivity (Wildman–Crippen MR) is 79.1 cm³/mol. The van der Waals surface area contributed by atoms with Gasteiger partial charge < -0.3 is 16.0 Å². The van der Waals surface area contributed by atoms with E-state index < -0.39 is 0 Å². The molecule has 0 radical (unpaired) electrons. The molecule has 0 aromatic carbocycles. The third kappa shape index (κ3) is 4.44. The number of hydrogen-bond donors (Lipinski definition) is 2. The molecular formula is C12H19N5OS. The zero-order valence-corrected chi connectivity index (χ0v) is 12.3. The lowest BCUT2D eigenvalue weighted by Gasteiger charge is -2.18. The minimum atomic E-state index is 0.00646. The van der Waals surface area contributed by atoms with Crippen LogP contribution in [0.3, 0.4) is 0 Å². The summed E-state index contributed by atoms with van der Waals surface area (Å²) in [6, 6.07) is 1.71. The van der Waals surface area contributed by atoms with Gasteiger partial charge in [-0.1, -0.05) is 12.2 Å². The van der Waals surface area contributed by atoms with Crippen LogP contribution in [0.25, 0.3) is 0 Å². The van der Waals surface area contributed by atoms with Gasteiger partial charge in [-0.3, -0.25) is 4.79 Å². The zero-order valence-electron chi connectivity index (χ0n) is 11.4. The Bertz CT molecular complexity index is 473. The van der Waals surface area contributed by atoms with Crippen molar-refractivity contribution < 1.29 is 4.79 Å². The number of likely N-dealkylation sites (N-methyl/N-ethyl adjacent to an activating group) is 1. The van der Waals surface area contributed by atoms with Gasteiger partial charge in [-0.2, -0.15) is 0 Å². The Balaban J connectivity index is 2.72. The molecule has 3 N–H and O–H groups in total. The molecule has 7 heteroatoms. The fraction of sp³-hybridized carbons (Fsp3) is 0.500. The minimum Gasteiger partial charge on any atom is -0.388 e.